The molecule has 0 rings (SSSR count). The van der Waals surface area contributed by atoms with E-state index in [1.807, 2.05) is 21.1 Å². The van der Waals surface area contributed by atoms with E-state index in [0.717, 1.165) is 77.0 Å². The number of esters is 1. The molecule has 54 heavy (non-hydrogen) atoms. The van der Waals surface area contributed by atoms with Crippen LogP contribution in [-0.2, 0) is 27.9 Å². The highest BCUT2D eigenvalue weighted by Gasteiger charge is 2.20. The van der Waals surface area contributed by atoms with Gasteiger partial charge >= 0.3 is 5.97 Å². The highest BCUT2D eigenvalue weighted by molar-refractivity contribution is 7.45. The molecule has 0 spiro atoms. The maximum absolute atomic E-state index is 12.6. The molecule has 2 atom stereocenters. The molecule has 310 valence electrons. The van der Waals surface area contributed by atoms with Crippen molar-refractivity contribution in [1.29, 1.82) is 0 Å². The number of phosphoric acid groups is 1. The third kappa shape index (κ3) is 40.9. The van der Waals surface area contributed by atoms with Crippen molar-refractivity contribution in [2.24, 2.45) is 0 Å². The molecule has 0 fully saturated rings. The van der Waals surface area contributed by atoms with Crippen LogP contribution in [0.1, 0.15) is 136 Å². The van der Waals surface area contributed by atoms with E-state index < -0.39 is 13.9 Å². The molecule has 0 aromatic carbocycles. The van der Waals surface area contributed by atoms with Crippen LogP contribution in [0.3, 0.4) is 0 Å². The molecule has 9 heteroatoms. The molecule has 0 amide bonds. The molecule has 2 unspecified atom stereocenters. The van der Waals surface area contributed by atoms with Crippen molar-refractivity contribution in [2.75, 3.05) is 54.1 Å². The van der Waals surface area contributed by atoms with Crippen LogP contribution in [0.5, 0.6) is 0 Å². The first-order chi connectivity index (χ1) is 26.1. The van der Waals surface area contributed by atoms with Crippen LogP contribution >= 0.6 is 7.82 Å². The molecule has 0 heterocycles. The number of allylic oxidation sites excluding steroid dienone is 14. The summed E-state index contributed by atoms with van der Waals surface area (Å²) in [6.45, 7) is 5.13. The van der Waals surface area contributed by atoms with E-state index in [4.69, 9.17) is 18.5 Å². The number of nitrogens with zero attached hydrogens (tertiary/aromatic N) is 1. The topological polar surface area (TPSA) is 94.1 Å². The van der Waals surface area contributed by atoms with Gasteiger partial charge in [-0.3, -0.25) is 9.36 Å². The Balaban J connectivity index is 4.36. The van der Waals surface area contributed by atoms with Gasteiger partial charge in [-0.15, -0.1) is 0 Å². The first-order valence-electron chi connectivity index (χ1n) is 20.8. The average molecular weight is 776 g/mol. The molecule has 0 aliphatic heterocycles. The Kier molecular flexibility index (Phi) is 36.0. The van der Waals surface area contributed by atoms with Crippen molar-refractivity contribution >= 4 is 13.8 Å². The first kappa shape index (κ1) is 51.7. The third-order valence-electron chi connectivity index (χ3n) is 8.16. The molecule has 0 radical (unpaired) electrons. The van der Waals surface area contributed by atoms with Crippen LogP contribution < -0.4 is 4.89 Å². The smallest absolute Gasteiger partial charge is 0.306 e. The van der Waals surface area contributed by atoms with Crippen molar-refractivity contribution in [3.05, 3.63) is 85.1 Å². The second kappa shape index (κ2) is 37.6. The SMILES string of the molecule is CC/C=C\C/C=C\C/C=C\C/C=C\C/C=C\C/C=C\CCCCC(=O)OC(COCCCCCCCC/C=C\CCC)COP(=O)([O-])OCC[N+](C)(C)C. The van der Waals surface area contributed by atoms with Crippen LogP contribution in [0, 0.1) is 0 Å². The zero-order valence-electron chi connectivity index (χ0n) is 34.9. The molecule has 8 nitrogen and oxygen atoms in total. The quantitative estimate of drug-likeness (QED) is 0.0204. The van der Waals surface area contributed by atoms with E-state index >= 15 is 0 Å². The van der Waals surface area contributed by atoms with Gasteiger partial charge in [0.25, 0.3) is 7.82 Å². The molecular weight excluding hydrogens is 697 g/mol. The van der Waals surface area contributed by atoms with Crippen molar-refractivity contribution in [3.63, 3.8) is 0 Å². The lowest BCUT2D eigenvalue weighted by Gasteiger charge is -2.28. The van der Waals surface area contributed by atoms with Gasteiger partial charge in [0.2, 0.25) is 0 Å². The number of carbonyl (C=O) groups is 1. The molecule has 0 bridgehead atoms. The summed E-state index contributed by atoms with van der Waals surface area (Å²) in [7, 11) is 1.31. The molecule has 0 saturated carbocycles. The summed E-state index contributed by atoms with van der Waals surface area (Å²) in [6, 6.07) is 0. The molecule has 0 aromatic heterocycles. The standard InChI is InChI=1S/C45H78NO7P/c1-6-8-10-12-14-16-18-19-20-21-22-23-24-25-26-27-28-30-32-34-36-38-45(47)53-44(43-52-54(48,49)51-41-39-46(3,4)5)42-50-40-37-35-33-31-29-17-15-13-11-9-7-2/h8,10-11,13-14,16,19-20,22-23,25-26,28,30,44H,6-7,9,12,15,17-18,21,24,27,29,31-43H2,1-5H3/b10-8-,13-11-,16-14-,20-19-,23-22-,26-25-,30-28-. The van der Waals surface area contributed by atoms with E-state index in [1.165, 1.54) is 32.1 Å². The van der Waals surface area contributed by atoms with E-state index in [-0.39, 0.29) is 32.2 Å². The van der Waals surface area contributed by atoms with Crippen molar-refractivity contribution < 1.29 is 37.3 Å². The molecule has 0 N–H and O–H groups in total. The van der Waals surface area contributed by atoms with E-state index in [9.17, 15) is 14.3 Å². The summed E-state index contributed by atoms with van der Waals surface area (Å²) in [5.41, 5.74) is 0. The number of ether oxygens (including phenoxy) is 2. The third-order valence-corrected chi connectivity index (χ3v) is 9.13. The van der Waals surface area contributed by atoms with Gasteiger partial charge in [-0.25, -0.2) is 0 Å². The van der Waals surface area contributed by atoms with Crippen molar-refractivity contribution in [1.82, 2.24) is 0 Å². The Bertz CT molecular complexity index is 1130. The van der Waals surface area contributed by atoms with Crippen LogP contribution in [0.25, 0.3) is 0 Å². The molecule has 0 aliphatic carbocycles. The van der Waals surface area contributed by atoms with Gasteiger partial charge in [-0.1, -0.05) is 131 Å². The number of carbonyl (C=O) groups excluding carboxylic acids is 1. The normalized spacial score (nSPS) is 14.7. The monoisotopic (exact) mass is 776 g/mol. The minimum absolute atomic E-state index is 0.0115. The van der Waals surface area contributed by atoms with E-state index in [2.05, 4.69) is 98.9 Å². The number of quaternary nitrogens is 1. The lowest BCUT2D eigenvalue weighted by molar-refractivity contribution is -0.870. The summed E-state index contributed by atoms with van der Waals surface area (Å²) in [6.07, 6.45) is 48.9. The van der Waals surface area contributed by atoms with Gasteiger partial charge in [0, 0.05) is 13.0 Å². The number of hydrogen-bond acceptors (Lipinski definition) is 7. The highest BCUT2D eigenvalue weighted by atomic mass is 31.2. The zero-order valence-corrected chi connectivity index (χ0v) is 35.8. The van der Waals surface area contributed by atoms with E-state index in [0.29, 0.717) is 24.1 Å². The van der Waals surface area contributed by atoms with Crippen LogP contribution in [0.4, 0.5) is 0 Å². The summed E-state index contributed by atoms with van der Waals surface area (Å²) < 4.78 is 34.4. The fraction of sp³-hybridized carbons (Fsp3) is 0.667. The Morgan fingerprint density at radius 1 is 0.593 bits per heavy atom. The fourth-order valence-corrected chi connectivity index (χ4v) is 5.69. The van der Waals surface area contributed by atoms with Crippen molar-refractivity contribution in [3.8, 4) is 0 Å². The van der Waals surface area contributed by atoms with Crippen LogP contribution in [-0.4, -0.2) is 70.7 Å². The minimum atomic E-state index is -4.54. The summed E-state index contributed by atoms with van der Waals surface area (Å²) in [4.78, 5) is 25.0. The minimum Gasteiger partial charge on any atom is -0.756 e. The van der Waals surface area contributed by atoms with Crippen LogP contribution in [0.15, 0.2) is 85.1 Å². The number of hydrogen-bond donors (Lipinski definition) is 0. The zero-order chi connectivity index (χ0) is 39.9. The molecule has 0 saturated heterocycles. The largest absolute Gasteiger partial charge is 0.756 e. The molecule has 0 aliphatic rings. The van der Waals surface area contributed by atoms with Crippen molar-refractivity contribution in [2.45, 2.75) is 142 Å². The lowest BCUT2D eigenvalue weighted by Crippen LogP contribution is -2.37. The second-order valence-electron chi connectivity index (χ2n) is 14.6. The Morgan fingerprint density at radius 3 is 1.63 bits per heavy atom. The first-order valence-corrected chi connectivity index (χ1v) is 22.3. The Hall–Kier alpha value is -2.32. The number of unbranched alkanes of at least 4 members (excludes halogenated alkanes) is 9. The van der Waals surface area contributed by atoms with E-state index in [1.54, 1.807) is 0 Å². The summed E-state index contributed by atoms with van der Waals surface area (Å²) in [5.74, 6) is -0.383. The predicted molar refractivity (Wildman–Crippen MR) is 226 cm³/mol. The average Bonchev–Trinajstić information content (AvgIpc) is 3.12. The molecule has 0 aromatic rings. The van der Waals surface area contributed by atoms with Gasteiger partial charge in [-0.05, 0) is 83.5 Å². The Labute approximate surface area is 331 Å². The maximum Gasteiger partial charge on any atom is 0.306 e. The molecular formula is C45H78NO7P. The van der Waals surface area contributed by atoms with Gasteiger partial charge in [-0.2, -0.15) is 0 Å². The summed E-state index contributed by atoms with van der Waals surface area (Å²) >= 11 is 0. The number of phosphoric ester groups is 1. The van der Waals surface area contributed by atoms with Gasteiger partial charge in [0.15, 0.2) is 0 Å². The summed E-state index contributed by atoms with van der Waals surface area (Å²) in [5, 5.41) is 0. The number of likely N-dealkylation sites (N-methyl/N-ethyl adjacent to an activating group) is 1. The van der Waals surface area contributed by atoms with Gasteiger partial charge < -0.3 is 27.9 Å². The second-order valence-corrected chi connectivity index (χ2v) is 16.0. The lowest BCUT2D eigenvalue weighted by atomic mass is 10.1. The highest BCUT2D eigenvalue weighted by Crippen LogP contribution is 2.38. The maximum atomic E-state index is 12.6. The Morgan fingerprint density at radius 2 is 1.07 bits per heavy atom. The van der Waals surface area contributed by atoms with Gasteiger partial charge in [0.1, 0.15) is 19.3 Å². The predicted octanol–water partition coefficient (Wildman–Crippen LogP) is 11.5. The number of rotatable bonds is 37. The van der Waals surface area contributed by atoms with Crippen LogP contribution in [0.2, 0.25) is 0 Å². The fourth-order valence-electron chi connectivity index (χ4n) is 4.96. The van der Waals surface area contributed by atoms with Gasteiger partial charge in [0.05, 0.1) is 34.4 Å².